The number of alkyl halides is 6. The van der Waals surface area contributed by atoms with Crippen LogP contribution >= 0.6 is 0 Å². The van der Waals surface area contributed by atoms with Crippen molar-refractivity contribution in [3.05, 3.63) is 58.9 Å². The highest BCUT2D eigenvalue weighted by molar-refractivity contribution is 5.52. The molecule has 0 bridgehead atoms. The van der Waals surface area contributed by atoms with Gasteiger partial charge in [0.15, 0.2) is 28.7 Å². The average molecular weight is 451 g/mol. The quantitative estimate of drug-likeness (QED) is 0.589. The van der Waals surface area contributed by atoms with Crippen LogP contribution in [0.4, 0.5) is 40.9 Å². The molecule has 0 radical (unpaired) electrons. The molecule has 0 aliphatic carbocycles. The van der Waals surface area contributed by atoms with Crippen LogP contribution in [0.25, 0.3) is 5.65 Å². The largest absolute Gasteiger partial charge is 0.435 e. The molecule has 1 aliphatic heterocycles. The molecule has 2 aromatic heterocycles. The summed E-state index contributed by atoms with van der Waals surface area (Å²) in [7, 11) is 0. The zero-order chi connectivity index (χ0) is 22.6. The summed E-state index contributed by atoms with van der Waals surface area (Å²) in [6, 6.07) is 4.22. The topological polar surface area (TPSA) is 54.2 Å². The van der Waals surface area contributed by atoms with Crippen molar-refractivity contribution in [1.29, 1.82) is 0 Å². The number of nitrogens with zero attached hydrogens (tertiary/aromatic N) is 3. The van der Waals surface area contributed by atoms with Crippen molar-refractivity contribution in [3.63, 3.8) is 0 Å². The van der Waals surface area contributed by atoms with Crippen LogP contribution in [0, 0.1) is 11.6 Å². The van der Waals surface area contributed by atoms with Gasteiger partial charge in [0.2, 0.25) is 0 Å². The van der Waals surface area contributed by atoms with E-state index in [9.17, 15) is 35.1 Å². The molecule has 0 atom stereocenters. The van der Waals surface area contributed by atoms with Crippen molar-refractivity contribution in [3.8, 4) is 0 Å². The number of hydrogen-bond acceptors (Lipinski definition) is 4. The normalized spacial score (nSPS) is 16.4. The van der Waals surface area contributed by atoms with E-state index in [0.29, 0.717) is 35.3 Å². The van der Waals surface area contributed by atoms with Gasteiger partial charge in [0.25, 0.3) is 0 Å². The smallest absolute Gasteiger partial charge is 0.369 e. The van der Waals surface area contributed by atoms with Crippen molar-refractivity contribution in [2.24, 2.45) is 0 Å². The van der Waals surface area contributed by atoms with E-state index in [0.717, 1.165) is 12.1 Å². The number of hydrogen-bond donors (Lipinski definition) is 2. The van der Waals surface area contributed by atoms with Crippen molar-refractivity contribution in [2.45, 2.75) is 17.8 Å². The summed E-state index contributed by atoms with van der Waals surface area (Å²) >= 11 is 0. The number of aromatic nitrogens is 3. The van der Waals surface area contributed by atoms with Crippen LogP contribution < -0.4 is 10.6 Å². The number of halogens is 8. The van der Waals surface area contributed by atoms with Crippen LogP contribution in [0.15, 0.2) is 30.3 Å². The summed E-state index contributed by atoms with van der Waals surface area (Å²) in [6.45, 7) is 0.499. The summed E-state index contributed by atoms with van der Waals surface area (Å²) in [4.78, 5) is 3.23. The van der Waals surface area contributed by atoms with Gasteiger partial charge in [-0.3, -0.25) is 0 Å². The van der Waals surface area contributed by atoms with Gasteiger partial charge in [0, 0.05) is 37.2 Å². The molecule has 3 heterocycles. The molecule has 13 heteroatoms. The van der Waals surface area contributed by atoms with Gasteiger partial charge >= 0.3 is 12.4 Å². The molecule has 1 saturated heterocycles. The maximum absolute atomic E-state index is 13.7. The number of nitrogens with one attached hydrogen (secondary N) is 2. The summed E-state index contributed by atoms with van der Waals surface area (Å²) in [5.74, 6) is -2.51. The summed E-state index contributed by atoms with van der Waals surface area (Å²) in [5, 5.41) is 8.95. The Balaban J connectivity index is 1.72. The average Bonchev–Trinajstić information content (AvgIpc) is 3.07. The van der Waals surface area contributed by atoms with Gasteiger partial charge in [0.1, 0.15) is 5.82 Å². The highest BCUT2D eigenvalue weighted by Crippen LogP contribution is 2.34. The second kappa shape index (κ2) is 7.04. The molecule has 0 amide bonds. The Labute approximate surface area is 169 Å². The van der Waals surface area contributed by atoms with E-state index in [1.54, 1.807) is 0 Å². The minimum atomic E-state index is -4.91. The van der Waals surface area contributed by atoms with E-state index < -0.39 is 46.4 Å². The van der Waals surface area contributed by atoms with E-state index >= 15 is 0 Å². The second-order valence-corrected chi connectivity index (χ2v) is 7.19. The number of rotatable bonds is 4. The number of fused-ring (bicyclic) bond motifs is 1. The first-order chi connectivity index (χ1) is 14.4. The Bertz CT molecular complexity index is 1130. The predicted octanol–water partition coefficient (Wildman–Crippen LogP) is 4.00. The van der Waals surface area contributed by atoms with E-state index in [2.05, 4.69) is 20.7 Å². The molecule has 0 unspecified atom stereocenters. The Morgan fingerprint density at radius 3 is 2.16 bits per heavy atom. The lowest BCUT2D eigenvalue weighted by Crippen LogP contribution is -2.60. The zero-order valence-corrected chi connectivity index (χ0v) is 15.4. The Morgan fingerprint density at radius 1 is 0.935 bits per heavy atom. The molecule has 5 nitrogen and oxygen atoms in total. The van der Waals surface area contributed by atoms with Crippen LogP contribution in [0.3, 0.4) is 0 Å². The Hall–Kier alpha value is -2.96. The van der Waals surface area contributed by atoms with Crippen LogP contribution in [-0.2, 0) is 17.8 Å². The van der Waals surface area contributed by atoms with E-state index in [1.165, 1.54) is 6.07 Å². The molecule has 1 aromatic carbocycles. The SMILES string of the molecule is Fc1ccc(C2(CNc3cc(C(F)(F)F)nc4cc(C(F)(F)F)nn34)CNC2)cc1F. The van der Waals surface area contributed by atoms with Gasteiger partial charge in [-0.15, -0.1) is 0 Å². The van der Waals surface area contributed by atoms with Gasteiger partial charge in [-0.1, -0.05) is 6.07 Å². The molecule has 1 fully saturated rings. The highest BCUT2D eigenvalue weighted by Gasteiger charge is 2.40. The number of anilines is 1. The van der Waals surface area contributed by atoms with Crippen molar-refractivity contribution in [2.75, 3.05) is 25.0 Å². The first-order valence-electron chi connectivity index (χ1n) is 8.84. The molecular formula is C18H13F8N5. The van der Waals surface area contributed by atoms with Crippen molar-refractivity contribution >= 4 is 11.5 Å². The Morgan fingerprint density at radius 2 is 1.61 bits per heavy atom. The van der Waals surface area contributed by atoms with Gasteiger partial charge < -0.3 is 10.6 Å². The van der Waals surface area contributed by atoms with Crippen LogP contribution in [-0.4, -0.2) is 34.2 Å². The maximum atomic E-state index is 13.7. The van der Waals surface area contributed by atoms with Gasteiger partial charge in [0.05, 0.1) is 0 Å². The molecule has 3 aromatic rings. The monoisotopic (exact) mass is 451 g/mol. The van der Waals surface area contributed by atoms with Crippen molar-refractivity contribution < 1.29 is 35.1 Å². The molecule has 0 spiro atoms. The fraction of sp³-hybridized carbons (Fsp3) is 0.333. The second-order valence-electron chi connectivity index (χ2n) is 7.19. The third-order valence-corrected chi connectivity index (χ3v) is 5.07. The summed E-state index contributed by atoms with van der Waals surface area (Å²) < 4.78 is 106. The minimum absolute atomic E-state index is 0.0807. The standard InChI is InChI=1S/C18H13F8N5/c19-10-2-1-9(3-11(10)20)16(6-27-7-16)8-28-14-4-12(17(21,22)23)29-15-5-13(18(24,25)26)30-31(14)15/h1-5,27-28H,6-8H2. The Kier molecular flexibility index (Phi) is 4.83. The molecule has 1 aliphatic rings. The fourth-order valence-electron chi connectivity index (χ4n) is 3.33. The summed E-state index contributed by atoms with van der Waals surface area (Å²) in [5.41, 5.74) is -3.87. The molecule has 31 heavy (non-hydrogen) atoms. The zero-order valence-electron chi connectivity index (χ0n) is 15.4. The van der Waals surface area contributed by atoms with Gasteiger partial charge in [-0.25, -0.2) is 13.8 Å². The highest BCUT2D eigenvalue weighted by atomic mass is 19.4. The minimum Gasteiger partial charge on any atom is -0.369 e. The molecule has 4 rings (SSSR count). The van der Waals surface area contributed by atoms with Crippen LogP contribution in [0.2, 0.25) is 0 Å². The van der Waals surface area contributed by atoms with E-state index in [1.807, 2.05) is 0 Å². The summed E-state index contributed by atoms with van der Waals surface area (Å²) in [6.07, 6.45) is -9.79. The molecule has 0 saturated carbocycles. The lowest BCUT2D eigenvalue weighted by molar-refractivity contribution is -0.142. The first-order valence-corrected chi connectivity index (χ1v) is 8.84. The van der Waals surface area contributed by atoms with E-state index in [4.69, 9.17) is 0 Å². The van der Waals surface area contributed by atoms with Gasteiger partial charge in [-0.2, -0.15) is 36.0 Å². The van der Waals surface area contributed by atoms with E-state index in [-0.39, 0.29) is 12.4 Å². The van der Waals surface area contributed by atoms with Gasteiger partial charge in [-0.05, 0) is 17.7 Å². The van der Waals surface area contributed by atoms with Crippen LogP contribution in [0.1, 0.15) is 17.0 Å². The van der Waals surface area contributed by atoms with Crippen LogP contribution in [0.5, 0.6) is 0 Å². The molecule has 2 N–H and O–H groups in total. The lowest BCUT2D eigenvalue weighted by atomic mass is 9.75. The third-order valence-electron chi connectivity index (χ3n) is 5.07. The maximum Gasteiger partial charge on any atom is 0.435 e. The number of benzene rings is 1. The molecular weight excluding hydrogens is 438 g/mol. The first kappa shape index (κ1) is 21.3. The predicted molar refractivity (Wildman–Crippen MR) is 92.4 cm³/mol. The lowest BCUT2D eigenvalue weighted by Gasteiger charge is -2.43. The fourth-order valence-corrected chi connectivity index (χ4v) is 3.33. The molecule has 166 valence electrons. The van der Waals surface area contributed by atoms with Crippen molar-refractivity contribution in [1.82, 2.24) is 19.9 Å². The third kappa shape index (κ3) is 3.89.